The molecule has 6 aromatic carbocycles. The van der Waals surface area contributed by atoms with E-state index in [0.29, 0.717) is 0 Å². The van der Waals surface area contributed by atoms with Gasteiger partial charge in [-0.25, -0.2) is 0 Å². The molecular weight excluding hydrogens is 412 g/mol. The lowest BCUT2D eigenvalue weighted by Crippen LogP contribution is -2.33. The van der Waals surface area contributed by atoms with Gasteiger partial charge >= 0.3 is 0 Å². The molecule has 0 atom stereocenters. The summed E-state index contributed by atoms with van der Waals surface area (Å²) in [6.45, 7) is 0. The summed E-state index contributed by atoms with van der Waals surface area (Å²) in [5, 5.41) is 9.28. The van der Waals surface area contributed by atoms with E-state index in [1.165, 1.54) is 54.2 Å². The van der Waals surface area contributed by atoms with Gasteiger partial charge in [0.2, 0.25) is 0 Å². The highest BCUT2D eigenvalue weighted by Crippen LogP contribution is 2.48. The van der Waals surface area contributed by atoms with E-state index < -0.39 is 0 Å². The summed E-state index contributed by atoms with van der Waals surface area (Å²) in [5.74, 6) is 0. The molecule has 0 amide bonds. The number of nitrogen functional groups attached to an aromatic ring is 2. The van der Waals surface area contributed by atoms with Gasteiger partial charge in [0.1, 0.15) is 0 Å². The highest BCUT2D eigenvalue weighted by atomic mass is 14.5. The summed E-state index contributed by atoms with van der Waals surface area (Å²) in [5.41, 5.74) is 17.2. The SMILES string of the molecule is Nc1ccc(C2(c3ccc(N)cc3)CC=c3c4cccc5cccc(c6cccc2c36)c54)cc1. The summed E-state index contributed by atoms with van der Waals surface area (Å²) >= 11 is 0. The molecule has 0 aliphatic heterocycles. The first-order valence-electron chi connectivity index (χ1n) is 11.8. The standard InChI is InChI=1S/C32H24N2/c33-23-14-10-21(11-15-23)32(22-12-16-24(34)17-13-22)19-18-28-26-7-2-5-20-4-1-6-25(30(20)26)27-8-3-9-29(32)31(27)28/h1-18H,19,33-34H2. The lowest BCUT2D eigenvalue weighted by Gasteiger charge is -2.38. The summed E-state index contributed by atoms with van der Waals surface area (Å²) in [7, 11) is 0. The first-order valence-corrected chi connectivity index (χ1v) is 11.8. The maximum atomic E-state index is 6.10. The fraction of sp³-hybridized carbons (Fsp3) is 0.0625. The van der Waals surface area contributed by atoms with E-state index in [2.05, 4.69) is 84.9 Å². The molecule has 0 unspecified atom stereocenters. The molecule has 0 saturated heterocycles. The number of fused-ring (bicyclic) bond motifs is 2. The van der Waals surface area contributed by atoms with Gasteiger partial charge in [-0.1, -0.05) is 84.9 Å². The summed E-state index contributed by atoms with van der Waals surface area (Å²) in [6.07, 6.45) is 3.31. The molecule has 1 aliphatic rings. The van der Waals surface area contributed by atoms with Crippen LogP contribution in [0.5, 0.6) is 0 Å². The van der Waals surface area contributed by atoms with E-state index in [-0.39, 0.29) is 5.41 Å². The van der Waals surface area contributed by atoms with Crippen molar-refractivity contribution >= 4 is 49.8 Å². The monoisotopic (exact) mass is 436 g/mol. The summed E-state index contributed by atoms with van der Waals surface area (Å²) in [6, 6.07) is 36.9. The van der Waals surface area contributed by atoms with Crippen molar-refractivity contribution in [1.29, 1.82) is 0 Å². The minimum absolute atomic E-state index is 0.323. The first-order chi connectivity index (χ1) is 16.7. The van der Waals surface area contributed by atoms with Gasteiger partial charge in [0.05, 0.1) is 0 Å². The van der Waals surface area contributed by atoms with Crippen molar-refractivity contribution in [3.05, 3.63) is 125 Å². The quantitative estimate of drug-likeness (QED) is 0.184. The van der Waals surface area contributed by atoms with Gasteiger partial charge in [-0.2, -0.15) is 0 Å². The molecule has 2 heteroatoms. The Balaban J connectivity index is 1.68. The van der Waals surface area contributed by atoms with Crippen LogP contribution in [-0.4, -0.2) is 0 Å². The van der Waals surface area contributed by atoms with Gasteiger partial charge in [0.15, 0.2) is 0 Å². The second-order valence-electron chi connectivity index (χ2n) is 9.41. The van der Waals surface area contributed by atoms with E-state index in [9.17, 15) is 0 Å². The highest BCUT2D eigenvalue weighted by molar-refractivity contribution is 6.22. The van der Waals surface area contributed by atoms with Crippen LogP contribution in [0.1, 0.15) is 23.1 Å². The van der Waals surface area contributed by atoms with Crippen LogP contribution in [0.2, 0.25) is 0 Å². The van der Waals surface area contributed by atoms with E-state index >= 15 is 0 Å². The molecule has 0 fully saturated rings. The molecule has 0 saturated carbocycles. The minimum atomic E-state index is -0.323. The normalized spacial score (nSPS) is 14.5. The molecule has 0 spiro atoms. The van der Waals surface area contributed by atoms with Crippen molar-refractivity contribution in [2.75, 3.05) is 11.5 Å². The van der Waals surface area contributed by atoms with E-state index in [0.717, 1.165) is 17.8 Å². The Labute approximate surface area is 198 Å². The van der Waals surface area contributed by atoms with Crippen LogP contribution in [0.15, 0.2) is 103 Å². The predicted molar refractivity (Wildman–Crippen MR) is 145 cm³/mol. The number of anilines is 2. The number of rotatable bonds is 2. The molecular formula is C32H24N2. The second kappa shape index (κ2) is 6.85. The molecule has 0 heterocycles. The van der Waals surface area contributed by atoms with E-state index in [4.69, 9.17) is 11.5 Å². The lowest BCUT2D eigenvalue weighted by atomic mass is 9.63. The van der Waals surface area contributed by atoms with Gasteiger partial charge in [0.25, 0.3) is 0 Å². The Bertz CT molecular complexity index is 1730. The first kappa shape index (κ1) is 19.2. The van der Waals surface area contributed by atoms with Crippen molar-refractivity contribution in [1.82, 2.24) is 0 Å². The molecule has 7 rings (SSSR count). The van der Waals surface area contributed by atoms with Gasteiger partial charge < -0.3 is 11.5 Å². The Morgan fingerprint density at radius 3 is 1.68 bits per heavy atom. The zero-order chi connectivity index (χ0) is 22.9. The molecule has 0 bridgehead atoms. The van der Waals surface area contributed by atoms with Crippen LogP contribution in [0, 0.1) is 0 Å². The van der Waals surface area contributed by atoms with Gasteiger partial charge in [-0.05, 0) is 84.9 Å². The maximum absolute atomic E-state index is 6.10. The smallest absolute Gasteiger partial charge is 0.0492 e. The maximum Gasteiger partial charge on any atom is 0.0492 e. The van der Waals surface area contributed by atoms with Gasteiger partial charge in [-0.3, -0.25) is 0 Å². The number of hydrogen-bond acceptors (Lipinski definition) is 2. The fourth-order valence-electron chi connectivity index (χ4n) is 6.17. The van der Waals surface area contributed by atoms with Crippen LogP contribution in [0.4, 0.5) is 11.4 Å². The largest absolute Gasteiger partial charge is 0.399 e. The van der Waals surface area contributed by atoms with Crippen LogP contribution < -0.4 is 16.7 Å². The summed E-state index contributed by atoms with van der Waals surface area (Å²) in [4.78, 5) is 0. The minimum Gasteiger partial charge on any atom is -0.399 e. The Hall–Kier alpha value is -4.30. The van der Waals surface area contributed by atoms with Gasteiger partial charge in [-0.15, -0.1) is 0 Å². The Morgan fingerprint density at radius 2 is 1.06 bits per heavy atom. The average molecular weight is 437 g/mol. The Kier molecular flexibility index (Phi) is 3.87. The summed E-state index contributed by atoms with van der Waals surface area (Å²) < 4.78 is 0. The molecule has 0 aromatic heterocycles. The lowest BCUT2D eigenvalue weighted by molar-refractivity contribution is 0.644. The highest BCUT2D eigenvalue weighted by Gasteiger charge is 2.39. The molecule has 2 nitrogen and oxygen atoms in total. The number of benzene rings is 6. The van der Waals surface area contributed by atoms with Crippen LogP contribution in [-0.2, 0) is 5.41 Å². The van der Waals surface area contributed by atoms with Crippen molar-refractivity contribution in [2.24, 2.45) is 0 Å². The van der Waals surface area contributed by atoms with Crippen molar-refractivity contribution in [3.63, 3.8) is 0 Å². The third-order valence-electron chi connectivity index (χ3n) is 7.70. The topological polar surface area (TPSA) is 52.0 Å². The van der Waals surface area contributed by atoms with E-state index in [1.807, 2.05) is 24.3 Å². The van der Waals surface area contributed by atoms with Crippen LogP contribution in [0.25, 0.3) is 38.4 Å². The number of nitrogens with two attached hydrogens (primary N) is 2. The molecule has 0 radical (unpaired) electrons. The van der Waals surface area contributed by atoms with Crippen molar-refractivity contribution < 1.29 is 0 Å². The third-order valence-corrected chi connectivity index (χ3v) is 7.70. The zero-order valence-corrected chi connectivity index (χ0v) is 18.8. The third kappa shape index (κ3) is 2.45. The Morgan fingerprint density at radius 1 is 0.529 bits per heavy atom. The second-order valence-corrected chi connectivity index (χ2v) is 9.41. The fourth-order valence-corrected chi connectivity index (χ4v) is 6.17. The molecule has 1 aliphatic carbocycles. The van der Waals surface area contributed by atoms with Crippen molar-refractivity contribution in [2.45, 2.75) is 11.8 Å². The predicted octanol–water partition coefficient (Wildman–Crippen LogP) is 6.55. The van der Waals surface area contributed by atoms with Crippen molar-refractivity contribution in [3.8, 4) is 0 Å². The molecule has 4 N–H and O–H groups in total. The van der Waals surface area contributed by atoms with Crippen LogP contribution in [0.3, 0.4) is 0 Å². The van der Waals surface area contributed by atoms with Gasteiger partial charge in [0, 0.05) is 16.8 Å². The van der Waals surface area contributed by atoms with Crippen LogP contribution >= 0.6 is 0 Å². The zero-order valence-electron chi connectivity index (χ0n) is 18.8. The average Bonchev–Trinajstić information content (AvgIpc) is 2.88. The molecule has 6 aromatic rings. The molecule has 162 valence electrons. The number of hydrogen-bond donors (Lipinski definition) is 2. The van der Waals surface area contributed by atoms with E-state index in [1.54, 1.807) is 0 Å². The molecule has 34 heavy (non-hydrogen) atoms.